The number of amides is 1. The van der Waals surface area contributed by atoms with E-state index in [-0.39, 0.29) is 6.09 Å². The van der Waals surface area contributed by atoms with E-state index in [0.29, 0.717) is 13.2 Å². The van der Waals surface area contributed by atoms with Crippen molar-refractivity contribution < 1.29 is 9.53 Å². The summed E-state index contributed by atoms with van der Waals surface area (Å²) in [4.78, 5) is 13.3. The maximum atomic E-state index is 11.7. The number of nitrogens with one attached hydrogen (secondary N) is 1. The molecule has 1 saturated heterocycles. The van der Waals surface area contributed by atoms with E-state index in [4.69, 9.17) is 4.74 Å². The lowest BCUT2D eigenvalue weighted by Crippen LogP contribution is -2.23. The molecule has 0 bridgehead atoms. The molecule has 3 aromatic rings. The van der Waals surface area contributed by atoms with Crippen LogP contribution in [0.15, 0.2) is 48.5 Å². The molecule has 0 spiro atoms. The van der Waals surface area contributed by atoms with Crippen molar-refractivity contribution in [3.8, 4) is 0 Å². The summed E-state index contributed by atoms with van der Waals surface area (Å²) in [5.41, 5.74) is 3.73. The average molecular weight is 305 g/mol. The predicted molar refractivity (Wildman–Crippen MR) is 90.2 cm³/mol. The molecule has 1 aliphatic heterocycles. The van der Waals surface area contributed by atoms with Crippen molar-refractivity contribution in [2.75, 3.05) is 18.1 Å². The predicted octanol–water partition coefficient (Wildman–Crippen LogP) is 3.69. The van der Waals surface area contributed by atoms with Gasteiger partial charge in [-0.1, -0.05) is 36.4 Å². The maximum absolute atomic E-state index is 11.7. The first kappa shape index (κ1) is 13.6. The molecule has 0 saturated carbocycles. The van der Waals surface area contributed by atoms with Crippen LogP contribution in [0.25, 0.3) is 23.1 Å². The number of aromatic amines is 1. The number of H-pyrrole nitrogens is 1. The van der Waals surface area contributed by atoms with Crippen LogP contribution in [-0.4, -0.2) is 29.4 Å². The minimum Gasteiger partial charge on any atom is -0.447 e. The highest BCUT2D eigenvalue weighted by atomic mass is 16.6. The van der Waals surface area contributed by atoms with Gasteiger partial charge in [-0.15, -0.1) is 0 Å². The second-order valence-electron chi connectivity index (χ2n) is 5.35. The van der Waals surface area contributed by atoms with Gasteiger partial charge in [0.05, 0.1) is 17.8 Å². The smallest absolute Gasteiger partial charge is 0.414 e. The summed E-state index contributed by atoms with van der Waals surface area (Å²) >= 11 is 0. The van der Waals surface area contributed by atoms with Crippen molar-refractivity contribution in [1.29, 1.82) is 0 Å². The molecule has 1 fully saturated rings. The Labute approximate surface area is 133 Å². The summed E-state index contributed by atoms with van der Waals surface area (Å²) in [6, 6.07) is 15.9. The topological polar surface area (TPSA) is 58.2 Å². The van der Waals surface area contributed by atoms with E-state index in [0.717, 1.165) is 27.8 Å². The zero-order valence-corrected chi connectivity index (χ0v) is 12.4. The van der Waals surface area contributed by atoms with E-state index in [1.165, 1.54) is 0 Å². The molecule has 1 amide bonds. The molecule has 1 aliphatic rings. The molecule has 2 aromatic carbocycles. The quantitative estimate of drug-likeness (QED) is 0.803. The van der Waals surface area contributed by atoms with Gasteiger partial charge < -0.3 is 4.74 Å². The van der Waals surface area contributed by atoms with Gasteiger partial charge in [-0.3, -0.25) is 10.00 Å². The van der Waals surface area contributed by atoms with Gasteiger partial charge in [0, 0.05) is 11.1 Å². The first-order valence-corrected chi connectivity index (χ1v) is 7.47. The molecule has 5 heteroatoms. The third-order valence-corrected chi connectivity index (χ3v) is 3.88. The van der Waals surface area contributed by atoms with E-state index in [9.17, 15) is 4.79 Å². The van der Waals surface area contributed by atoms with E-state index in [2.05, 4.69) is 10.2 Å². The van der Waals surface area contributed by atoms with Gasteiger partial charge in [0.15, 0.2) is 0 Å². The molecule has 1 aromatic heterocycles. The molecular weight excluding hydrogens is 290 g/mol. The molecule has 0 atom stereocenters. The molecule has 0 unspecified atom stereocenters. The van der Waals surface area contributed by atoms with Crippen LogP contribution in [0.4, 0.5) is 10.5 Å². The van der Waals surface area contributed by atoms with Crippen LogP contribution >= 0.6 is 0 Å². The molecule has 5 nitrogen and oxygen atoms in total. The minimum absolute atomic E-state index is 0.297. The van der Waals surface area contributed by atoms with E-state index in [1.807, 2.05) is 60.7 Å². The van der Waals surface area contributed by atoms with Crippen molar-refractivity contribution in [3.05, 3.63) is 59.8 Å². The Morgan fingerprint density at radius 3 is 2.78 bits per heavy atom. The summed E-state index contributed by atoms with van der Waals surface area (Å²) < 4.78 is 5.00. The fourth-order valence-corrected chi connectivity index (χ4v) is 2.68. The van der Waals surface area contributed by atoms with Crippen LogP contribution in [0.2, 0.25) is 0 Å². The van der Waals surface area contributed by atoms with Gasteiger partial charge >= 0.3 is 6.09 Å². The third kappa shape index (κ3) is 2.57. The van der Waals surface area contributed by atoms with Crippen molar-refractivity contribution >= 4 is 34.8 Å². The lowest BCUT2D eigenvalue weighted by molar-refractivity contribution is 0.181. The van der Waals surface area contributed by atoms with Crippen molar-refractivity contribution in [2.24, 2.45) is 0 Å². The highest BCUT2D eigenvalue weighted by Crippen LogP contribution is 2.26. The standard InChI is InChI=1S/C18H15N3O2/c22-18-21(10-11-23-18)14-7-9-17-15(12-14)16(19-20-17)8-6-13-4-2-1-3-5-13/h1-9,12H,10-11H2,(H,19,20)/b8-6+. The molecule has 4 rings (SSSR count). The van der Waals surface area contributed by atoms with Crippen LogP contribution in [0, 0.1) is 0 Å². The Morgan fingerprint density at radius 1 is 1.13 bits per heavy atom. The Balaban J connectivity index is 1.70. The Morgan fingerprint density at radius 2 is 2.00 bits per heavy atom. The van der Waals surface area contributed by atoms with Gasteiger partial charge in [0.25, 0.3) is 0 Å². The van der Waals surface area contributed by atoms with E-state index >= 15 is 0 Å². The molecule has 0 radical (unpaired) electrons. The van der Waals surface area contributed by atoms with Gasteiger partial charge in [0.1, 0.15) is 6.61 Å². The van der Waals surface area contributed by atoms with E-state index < -0.39 is 0 Å². The number of aromatic nitrogens is 2. The van der Waals surface area contributed by atoms with Gasteiger partial charge in [-0.2, -0.15) is 5.10 Å². The van der Waals surface area contributed by atoms with Gasteiger partial charge in [0.2, 0.25) is 0 Å². The largest absolute Gasteiger partial charge is 0.447 e. The lowest BCUT2D eigenvalue weighted by Gasteiger charge is -2.12. The van der Waals surface area contributed by atoms with Crippen LogP contribution in [0.3, 0.4) is 0 Å². The fourth-order valence-electron chi connectivity index (χ4n) is 2.68. The van der Waals surface area contributed by atoms with Crippen molar-refractivity contribution in [1.82, 2.24) is 10.2 Å². The number of rotatable bonds is 3. The average Bonchev–Trinajstić information content (AvgIpc) is 3.19. The maximum Gasteiger partial charge on any atom is 0.414 e. The highest BCUT2D eigenvalue weighted by Gasteiger charge is 2.23. The Kier molecular flexibility index (Phi) is 3.31. The lowest BCUT2D eigenvalue weighted by atomic mass is 10.1. The number of carbonyl (C=O) groups excluding carboxylic acids is 1. The zero-order chi connectivity index (χ0) is 15.6. The fraction of sp³-hybridized carbons (Fsp3) is 0.111. The van der Waals surface area contributed by atoms with Crippen LogP contribution in [0.5, 0.6) is 0 Å². The number of cyclic esters (lactones) is 1. The first-order valence-electron chi connectivity index (χ1n) is 7.47. The van der Waals surface area contributed by atoms with Crippen LogP contribution < -0.4 is 4.90 Å². The van der Waals surface area contributed by atoms with Crippen molar-refractivity contribution in [3.63, 3.8) is 0 Å². The van der Waals surface area contributed by atoms with E-state index in [1.54, 1.807) is 4.90 Å². The summed E-state index contributed by atoms with van der Waals surface area (Å²) in [5, 5.41) is 8.35. The monoisotopic (exact) mass is 305 g/mol. The number of nitrogens with zero attached hydrogens (tertiary/aromatic N) is 2. The molecule has 1 N–H and O–H groups in total. The number of hydrogen-bond donors (Lipinski definition) is 1. The molecule has 23 heavy (non-hydrogen) atoms. The van der Waals surface area contributed by atoms with Crippen LogP contribution in [0.1, 0.15) is 11.3 Å². The number of hydrogen-bond acceptors (Lipinski definition) is 3. The minimum atomic E-state index is -0.297. The van der Waals surface area contributed by atoms with Crippen molar-refractivity contribution in [2.45, 2.75) is 0 Å². The summed E-state index contributed by atoms with van der Waals surface area (Å²) in [7, 11) is 0. The molecule has 0 aliphatic carbocycles. The number of carbonyl (C=O) groups is 1. The highest BCUT2D eigenvalue weighted by molar-refractivity contribution is 5.96. The zero-order valence-electron chi connectivity index (χ0n) is 12.4. The summed E-state index contributed by atoms with van der Waals surface area (Å²) in [6.45, 7) is 1.01. The summed E-state index contributed by atoms with van der Waals surface area (Å²) in [6.07, 6.45) is 3.70. The second kappa shape index (κ2) is 5.61. The number of fused-ring (bicyclic) bond motifs is 1. The second-order valence-corrected chi connectivity index (χ2v) is 5.35. The SMILES string of the molecule is O=C1OCCN1c1ccc2[nH]nc(/C=C/c3ccccc3)c2c1. The Hall–Kier alpha value is -3.08. The normalized spacial score (nSPS) is 14.8. The number of anilines is 1. The van der Waals surface area contributed by atoms with Gasteiger partial charge in [-0.25, -0.2) is 4.79 Å². The molecular formula is C18H15N3O2. The number of ether oxygens (including phenoxy) is 1. The number of benzene rings is 2. The Bertz CT molecular complexity index is 884. The first-order chi connectivity index (χ1) is 11.3. The third-order valence-electron chi connectivity index (χ3n) is 3.88. The summed E-state index contributed by atoms with van der Waals surface area (Å²) in [5.74, 6) is 0. The molecule has 2 heterocycles. The van der Waals surface area contributed by atoms with Gasteiger partial charge in [-0.05, 0) is 29.8 Å². The molecule has 114 valence electrons. The van der Waals surface area contributed by atoms with Crippen LogP contribution in [-0.2, 0) is 4.74 Å².